The zero-order chi connectivity index (χ0) is 17.7. The topological polar surface area (TPSA) is 72.8 Å². The molecule has 0 fully saturated rings. The average molecular weight is 350 g/mol. The number of fused-ring (bicyclic) bond motifs is 1. The van der Waals surface area contributed by atoms with Crippen molar-refractivity contribution in [3.05, 3.63) is 47.5 Å². The molecule has 0 aliphatic rings. The van der Waals surface area contributed by atoms with E-state index in [0.717, 1.165) is 10.8 Å². The quantitative estimate of drug-likeness (QED) is 0.593. The molecule has 2 rings (SSSR count). The molecule has 2 aromatic carbocycles. The molecule has 1 unspecified atom stereocenters. The van der Waals surface area contributed by atoms with Gasteiger partial charge in [0.2, 0.25) is 0 Å². The van der Waals surface area contributed by atoms with Crippen LogP contribution in [0.5, 0.6) is 0 Å². The van der Waals surface area contributed by atoms with Gasteiger partial charge in [-0.05, 0) is 41.3 Å². The largest absolute Gasteiger partial charge is 0.462 e. The first kappa shape index (κ1) is 18.7. The molecule has 1 atom stereocenters. The van der Waals surface area contributed by atoms with Gasteiger partial charge in [-0.25, -0.2) is 4.79 Å². The second kappa shape index (κ2) is 7.93. The predicted molar refractivity (Wildman–Crippen MR) is 94.2 cm³/mol. The highest BCUT2D eigenvalue weighted by Crippen LogP contribution is 2.45. The number of carbonyl (C=O) groups excluding carboxylic acids is 1. The summed E-state index contributed by atoms with van der Waals surface area (Å²) in [6, 6.07) is 10.8. The minimum Gasteiger partial charge on any atom is -0.462 e. The predicted octanol–water partition coefficient (Wildman–Crippen LogP) is 4.37. The van der Waals surface area contributed by atoms with E-state index in [1.165, 1.54) is 0 Å². The molecule has 6 heteroatoms. The molecule has 5 nitrogen and oxygen atoms in total. The first-order chi connectivity index (χ1) is 11.3. The normalized spacial score (nSPS) is 13.9. The van der Waals surface area contributed by atoms with Crippen LogP contribution in [0, 0.1) is 5.92 Å². The third-order valence-electron chi connectivity index (χ3n) is 3.40. The lowest BCUT2D eigenvalue weighted by Crippen LogP contribution is -2.10. The maximum absolute atomic E-state index is 12.1. The molecule has 24 heavy (non-hydrogen) atoms. The lowest BCUT2D eigenvalue weighted by atomic mass is 10.0. The third-order valence-corrected chi connectivity index (χ3v) is 4.83. The maximum Gasteiger partial charge on any atom is 0.338 e. The molecular formula is C18H23O5P. The van der Waals surface area contributed by atoms with Crippen molar-refractivity contribution in [2.75, 3.05) is 13.2 Å². The van der Waals surface area contributed by atoms with Gasteiger partial charge in [0.15, 0.2) is 0 Å². The highest BCUT2D eigenvalue weighted by molar-refractivity contribution is 7.51. The summed E-state index contributed by atoms with van der Waals surface area (Å²) in [7, 11) is -3.64. The summed E-state index contributed by atoms with van der Waals surface area (Å²) < 4.78 is 22.0. The van der Waals surface area contributed by atoms with E-state index in [1.54, 1.807) is 31.2 Å². The minimum atomic E-state index is -3.64. The van der Waals surface area contributed by atoms with Gasteiger partial charge in [0.25, 0.3) is 0 Å². The Morgan fingerprint density at radius 2 is 1.88 bits per heavy atom. The van der Waals surface area contributed by atoms with Crippen molar-refractivity contribution in [1.82, 2.24) is 0 Å². The van der Waals surface area contributed by atoms with Crippen LogP contribution in [0.3, 0.4) is 0 Å². The van der Waals surface area contributed by atoms with E-state index in [9.17, 15) is 14.3 Å². The van der Waals surface area contributed by atoms with Crippen LogP contribution in [-0.2, 0) is 20.0 Å². The lowest BCUT2D eigenvalue weighted by molar-refractivity contribution is 0.0459. The highest BCUT2D eigenvalue weighted by Gasteiger charge is 2.19. The fourth-order valence-corrected chi connectivity index (χ4v) is 3.48. The van der Waals surface area contributed by atoms with Gasteiger partial charge < -0.3 is 14.2 Å². The Morgan fingerprint density at radius 3 is 2.54 bits per heavy atom. The first-order valence-electron chi connectivity index (χ1n) is 7.97. The van der Waals surface area contributed by atoms with E-state index in [1.807, 2.05) is 26.0 Å². The zero-order valence-corrected chi connectivity index (χ0v) is 15.1. The Morgan fingerprint density at radius 1 is 1.17 bits per heavy atom. The van der Waals surface area contributed by atoms with Crippen molar-refractivity contribution in [3.63, 3.8) is 0 Å². The Balaban J connectivity index is 2.24. The van der Waals surface area contributed by atoms with Crippen molar-refractivity contribution >= 4 is 24.3 Å². The van der Waals surface area contributed by atoms with Crippen LogP contribution in [0.2, 0.25) is 0 Å². The van der Waals surface area contributed by atoms with E-state index in [-0.39, 0.29) is 24.7 Å². The van der Waals surface area contributed by atoms with E-state index in [4.69, 9.17) is 9.26 Å². The summed E-state index contributed by atoms with van der Waals surface area (Å²) >= 11 is 0. The molecule has 0 heterocycles. The molecule has 0 saturated heterocycles. The van der Waals surface area contributed by atoms with Gasteiger partial charge in [-0.2, -0.15) is 0 Å². The fourth-order valence-electron chi connectivity index (χ4n) is 2.33. The van der Waals surface area contributed by atoms with E-state index in [2.05, 4.69) is 0 Å². The van der Waals surface area contributed by atoms with Gasteiger partial charge >= 0.3 is 13.6 Å². The van der Waals surface area contributed by atoms with Crippen LogP contribution in [0.15, 0.2) is 36.4 Å². The third kappa shape index (κ3) is 5.17. The lowest BCUT2D eigenvalue weighted by Gasteiger charge is -2.12. The standard InChI is InChI=1S/C18H23O5P/c1-4-23-24(20,21)12-14-5-6-15-7-8-16(10-17(15)9-14)18(19)22-11-13(2)3/h5-10,13H,4,11-12H2,1-3H3,(H,20,21). The van der Waals surface area contributed by atoms with Crippen LogP contribution in [0.4, 0.5) is 0 Å². The molecule has 0 radical (unpaired) electrons. The number of benzene rings is 2. The van der Waals surface area contributed by atoms with E-state index >= 15 is 0 Å². The van der Waals surface area contributed by atoms with Crippen LogP contribution < -0.4 is 0 Å². The molecule has 0 aliphatic carbocycles. The number of rotatable bonds is 7. The Hall–Kier alpha value is -1.68. The van der Waals surface area contributed by atoms with Crippen LogP contribution in [0.25, 0.3) is 10.8 Å². The molecule has 0 aromatic heterocycles. The monoisotopic (exact) mass is 350 g/mol. The summed E-state index contributed by atoms with van der Waals surface area (Å²) in [5.74, 6) is -0.0866. The number of hydrogen-bond donors (Lipinski definition) is 1. The van der Waals surface area contributed by atoms with Crippen molar-refractivity contribution < 1.29 is 23.5 Å². The molecule has 0 amide bonds. The Labute approximate surface area is 142 Å². The summed E-state index contributed by atoms with van der Waals surface area (Å²) in [6.45, 7) is 6.20. The van der Waals surface area contributed by atoms with Gasteiger partial charge in [-0.1, -0.05) is 38.1 Å². The van der Waals surface area contributed by atoms with Gasteiger partial charge in [-0.15, -0.1) is 0 Å². The second-order valence-electron chi connectivity index (χ2n) is 6.10. The average Bonchev–Trinajstić information content (AvgIpc) is 2.51. The van der Waals surface area contributed by atoms with Gasteiger partial charge in [0.05, 0.1) is 24.9 Å². The second-order valence-corrected chi connectivity index (χ2v) is 7.95. The highest BCUT2D eigenvalue weighted by atomic mass is 31.2. The van der Waals surface area contributed by atoms with Crippen LogP contribution >= 0.6 is 7.60 Å². The van der Waals surface area contributed by atoms with E-state index < -0.39 is 7.60 Å². The van der Waals surface area contributed by atoms with Crippen molar-refractivity contribution in [3.8, 4) is 0 Å². The van der Waals surface area contributed by atoms with Gasteiger partial charge in [-0.3, -0.25) is 4.57 Å². The molecular weight excluding hydrogens is 327 g/mol. The molecule has 0 aliphatic heterocycles. The molecule has 130 valence electrons. The summed E-state index contributed by atoms with van der Waals surface area (Å²) in [5.41, 5.74) is 1.16. The first-order valence-corrected chi connectivity index (χ1v) is 9.73. The Kier molecular flexibility index (Phi) is 6.16. The number of carbonyl (C=O) groups is 1. The summed E-state index contributed by atoms with van der Waals surface area (Å²) in [5, 5.41) is 1.77. The van der Waals surface area contributed by atoms with Crippen LogP contribution in [-0.4, -0.2) is 24.1 Å². The molecule has 0 spiro atoms. The van der Waals surface area contributed by atoms with Gasteiger partial charge in [0, 0.05) is 0 Å². The molecule has 1 N–H and O–H groups in total. The van der Waals surface area contributed by atoms with E-state index in [0.29, 0.717) is 17.7 Å². The van der Waals surface area contributed by atoms with Crippen molar-refractivity contribution in [2.24, 2.45) is 5.92 Å². The maximum atomic E-state index is 12.1. The molecule has 0 saturated carbocycles. The van der Waals surface area contributed by atoms with Gasteiger partial charge in [0.1, 0.15) is 0 Å². The number of esters is 1. The fraction of sp³-hybridized carbons (Fsp3) is 0.389. The smallest absolute Gasteiger partial charge is 0.338 e. The van der Waals surface area contributed by atoms with Crippen molar-refractivity contribution in [1.29, 1.82) is 0 Å². The Bertz CT molecular complexity index is 769. The summed E-state index contributed by atoms with van der Waals surface area (Å²) in [4.78, 5) is 21.8. The summed E-state index contributed by atoms with van der Waals surface area (Å²) in [6.07, 6.45) is -0.0567. The number of hydrogen-bond acceptors (Lipinski definition) is 4. The SMILES string of the molecule is CCOP(=O)(O)Cc1ccc2ccc(C(=O)OCC(C)C)cc2c1. The zero-order valence-electron chi connectivity index (χ0n) is 14.2. The van der Waals surface area contributed by atoms with Crippen molar-refractivity contribution in [2.45, 2.75) is 26.9 Å². The minimum absolute atomic E-state index is 0.0567. The molecule has 0 bridgehead atoms. The molecule has 2 aromatic rings. The number of ether oxygens (including phenoxy) is 1. The van der Waals surface area contributed by atoms with Crippen LogP contribution in [0.1, 0.15) is 36.7 Å².